The molecule has 1 nitrogen and oxygen atoms in total. The normalized spacial score (nSPS) is 20.4. The first-order valence-electron chi connectivity index (χ1n) is 6.51. The minimum absolute atomic E-state index is 0. The fraction of sp³-hybridized carbons (Fsp3) is 0.250. The molecule has 0 fully saturated rings. The Bertz CT molecular complexity index is 461. The largest absolute Gasteiger partial charge is 1.00 e. The van der Waals surface area contributed by atoms with Crippen molar-refractivity contribution in [3.63, 3.8) is 0 Å². The summed E-state index contributed by atoms with van der Waals surface area (Å²) in [5.74, 6) is 0. The summed E-state index contributed by atoms with van der Waals surface area (Å²) in [4.78, 5) is 0. The molecular weight excluding hydrogens is 243 g/mol. The Labute approximate surface area is 128 Å². The monoisotopic (exact) mass is 261 g/mol. The molecule has 19 heavy (non-hydrogen) atoms. The van der Waals surface area contributed by atoms with Gasteiger partial charge in [0.25, 0.3) is 8.32 Å². The standard InChI is InChI=1S/C16H18OSi.Li/c1-17-18(14-8-2-3-9-14,15-10-4-5-11-15)16-12-6-7-13-16;/h2-8,10,12H,9,11,13H2,1H3;/q;+1. The Morgan fingerprint density at radius 2 is 1.16 bits per heavy atom. The van der Waals surface area contributed by atoms with Gasteiger partial charge in [-0.05, 0) is 34.9 Å². The molecule has 0 aliphatic heterocycles. The molecule has 0 heterocycles. The van der Waals surface area contributed by atoms with Crippen molar-refractivity contribution in [1.82, 2.24) is 0 Å². The number of rotatable bonds is 4. The van der Waals surface area contributed by atoms with Crippen molar-refractivity contribution in [1.29, 1.82) is 0 Å². The molecule has 0 amide bonds. The molecule has 0 atom stereocenters. The van der Waals surface area contributed by atoms with Gasteiger partial charge < -0.3 is 4.43 Å². The van der Waals surface area contributed by atoms with E-state index < -0.39 is 8.32 Å². The van der Waals surface area contributed by atoms with E-state index in [0.29, 0.717) is 0 Å². The van der Waals surface area contributed by atoms with Crippen molar-refractivity contribution in [3.8, 4) is 0 Å². The summed E-state index contributed by atoms with van der Waals surface area (Å²) >= 11 is 0. The average Bonchev–Trinajstić information content (AvgIpc) is 3.16. The smallest absolute Gasteiger partial charge is 0.408 e. The molecular formula is C16H18LiOSi+. The van der Waals surface area contributed by atoms with E-state index in [1.807, 2.05) is 7.11 Å². The Morgan fingerprint density at radius 1 is 0.789 bits per heavy atom. The second-order valence-corrected chi connectivity index (χ2v) is 8.56. The third-order valence-corrected chi connectivity index (χ3v) is 8.41. The van der Waals surface area contributed by atoms with E-state index in [1.54, 1.807) is 0 Å². The van der Waals surface area contributed by atoms with Crippen molar-refractivity contribution < 1.29 is 23.3 Å². The molecule has 3 heteroatoms. The van der Waals surface area contributed by atoms with E-state index in [1.165, 1.54) is 15.6 Å². The molecule has 0 saturated carbocycles. The van der Waals surface area contributed by atoms with E-state index in [0.717, 1.165) is 19.3 Å². The first-order chi connectivity index (χ1) is 8.88. The zero-order valence-electron chi connectivity index (χ0n) is 11.7. The summed E-state index contributed by atoms with van der Waals surface area (Å²) in [6.07, 6.45) is 23.2. The Morgan fingerprint density at radius 3 is 1.37 bits per heavy atom. The SMILES string of the molecule is CO[Si](C1=CC=CC1)(C1=CC=CC1)C1=CC=CC1.[Li+]. The molecule has 0 unspecified atom stereocenters. The second-order valence-electron chi connectivity index (χ2n) is 4.86. The van der Waals surface area contributed by atoms with Crippen LogP contribution in [0.25, 0.3) is 0 Å². The van der Waals surface area contributed by atoms with Gasteiger partial charge in [-0.2, -0.15) is 0 Å². The van der Waals surface area contributed by atoms with E-state index in [9.17, 15) is 0 Å². The average molecular weight is 261 g/mol. The topological polar surface area (TPSA) is 9.23 Å². The van der Waals surface area contributed by atoms with Gasteiger partial charge in [-0.25, -0.2) is 0 Å². The summed E-state index contributed by atoms with van der Waals surface area (Å²) in [6, 6.07) is 0. The van der Waals surface area contributed by atoms with Crippen molar-refractivity contribution in [2.75, 3.05) is 7.11 Å². The van der Waals surface area contributed by atoms with Crippen LogP contribution in [-0.2, 0) is 4.43 Å². The van der Waals surface area contributed by atoms with E-state index in [2.05, 4.69) is 54.7 Å². The number of hydrogen-bond donors (Lipinski definition) is 0. The molecule has 0 aromatic carbocycles. The second kappa shape index (κ2) is 6.11. The van der Waals surface area contributed by atoms with Crippen molar-refractivity contribution >= 4 is 8.32 Å². The van der Waals surface area contributed by atoms with Gasteiger partial charge >= 0.3 is 18.9 Å². The van der Waals surface area contributed by atoms with Crippen LogP contribution in [0.1, 0.15) is 19.3 Å². The summed E-state index contributed by atoms with van der Waals surface area (Å²) in [6.45, 7) is 0. The van der Waals surface area contributed by atoms with Crippen LogP contribution in [-0.4, -0.2) is 15.4 Å². The van der Waals surface area contributed by atoms with Crippen molar-refractivity contribution in [2.24, 2.45) is 0 Å². The maximum Gasteiger partial charge on any atom is 1.00 e. The minimum Gasteiger partial charge on any atom is -0.408 e. The zero-order valence-corrected chi connectivity index (χ0v) is 12.7. The van der Waals surface area contributed by atoms with Crippen LogP contribution in [0.3, 0.4) is 0 Å². The maximum atomic E-state index is 6.20. The van der Waals surface area contributed by atoms with Gasteiger partial charge in [0, 0.05) is 7.11 Å². The maximum absolute atomic E-state index is 6.20. The van der Waals surface area contributed by atoms with Crippen molar-refractivity contribution in [2.45, 2.75) is 19.3 Å². The fourth-order valence-electron chi connectivity index (χ4n) is 3.14. The van der Waals surface area contributed by atoms with Gasteiger partial charge in [-0.1, -0.05) is 54.7 Å². The molecule has 3 aliphatic rings. The summed E-state index contributed by atoms with van der Waals surface area (Å²) in [5, 5.41) is 4.49. The third kappa shape index (κ3) is 2.35. The van der Waals surface area contributed by atoms with Crippen LogP contribution in [0.4, 0.5) is 0 Å². The summed E-state index contributed by atoms with van der Waals surface area (Å²) < 4.78 is 6.20. The minimum atomic E-state index is -2.07. The molecule has 0 saturated heterocycles. The molecule has 0 aromatic rings. The third-order valence-electron chi connectivity index (χ3n) is 3.98. The van der Waals surface area contributed by atoms with Crippen molar-refractivity contribution in [3.05, 3.63) is 70.3 Å². The molecule has 0 spiro atoms. The number of allylic oxidation sites excluding steroid dienone is 12. The molecule has 3 aliphatic carbocycles. The van der Waals surface area contributed by atoms with Gasteiger partial charge in [-0.15, -0.1) is 0 Å². The Hall–Kier alpha value is -0.786. The quantitative estimate of drug-likeness (QED) is 0.682. The first kappa shape index (κ1) is 14.6. The van der Waals surface area contributed by atoms with Gasteiger partial charge in [0.05, 0.1) is 0 Å². The molecule has 0 aromatic heterocycles. The van der Waals surface area contributed by atoms with E-state index in [4.69, 9.17) is 4.43 Å². The molecule has 0 radical (unpaired) electrons. The van der Waals surface area contributed by atoms with Gasteiger partial charge in [0.2, 0.25) is 0 Å². The predicted molar refractivity (Wildman–Crippen MR) is 78.3 cm³/mol. The molecule has 0 N–H and O–H groups in total. The van der Waals surface area contributed by atoms with Crippen LogP contribution in [0.15, 0.2) is 70.3 Å². The molecule has 92 valence electrons. The Balaban J connectivity index is 0.00000133. The van der Waals surface area contributed by atoms with E-state index >= 15 is 0 Å². The Kier molecular flexibility index (Phi) is 4.70. The fourth-order valence-corrected chi connectivity index (χ4v) is 7.37. The molecule has 3 rings (SSSR count). The van der Waals surface area contributed by atoms with Crippen LogP contribution in [0, 0.1) is 0 Å². The summed E-state index contributed by atoms with van der Waals surface area (Å²) in [5.41, 5.74) is 0. The van der Waals surface area contributed by atoms with Gasteiger partial charge in [0.1, 0.15) is 0 Å². The van der Waals surface area contributed by atoms with Gasteiger partial charge in [0.15, 0.2) is 0 Å². The molecule has 0 bridgehead atoms. The van der Waals surface area contributed by atoms with Crippen LogP contribution < -0.4 is 18.9 Å². The zero-order chi connectivity index (χ0) is 12.4. The summed E-state index contributed by atoms with van der Waals surface area (Å²) in [7, 11) is -0.182. The predicted octanol–water partition coefficient (Wildman–Crippen LogP) is 0.859. The van der Waals surface area contributed by atoms with E-state index in [-0.39, 0.29) is 18.9 Å². The van der Waals surface area contributed by atoms with Crippen LogP contribution >= 0.6 is 0 Å². The van der Waals surface area contributed by atoms with Crippen LogP contribution in [0.5, 0.6) is 0 Å². The first-order valence-corrected chi connectivity index (χ1v) is 8.42. The number of hydrogen-bond acceptors (Lipinski definition) is 1. The van der Waals surface area contributed by atoms with Gasteiger partial charge in [-0.3, -0.25) is 0 Å². The van der Waals surface area contributed by atoms with Crippen LogP contribution in [0.2, 0.25) is 0 Å².